The van der Waals surface area contributed by atoms with Crippen LogP contribution in [0, 0.1) is 0 Å². The molecule has 0 aliphatic carbocycles. The van der Waals surface area contributed by atoms with Crippen molar-refractivity contribution in [2.45, 2.75) is 13.1 Å². The lowest BCUT2D eigenvalue weighted by Gasteiger charge is -2.07. The number of rotatable bonds is 5. The number of carbonyl (C=O) groups is 1. The standard InChI is InChI=1S/C17H15BrN4O/c18-16-7-15(9-20-10-16)17(23)21-8-13-1-3-14(4-2-13)11-22-6-5-19-12-22/h1-7,9-10,12H,8,11H2,(H,21,23). The fraction of sp³-hybridized carbons (Fsp3) is 0.118. The summed E-state index contributed by atoms with van der Waals surface area (Å²) in [6.45, 7) is 1.27. The molecule has 1 N–H and O–H groups in total. The number of nitrogens with zero attached hydrogens (tertiary/aromatic N) is 3. The van der Waals surface area contributed by atoms with E-state index in [1.165, 1.54) is 5.56 Å². The molecule has 116 valence electrons. The fourth-order valence-electron chi connectivity index (χ4n) is 2.17. The predicted molar refractivity (Wildman–Crippen MR) is 90.9 cm³/mol. The monoisotopic (exact) mass is 370 g/mol. The van der Waals surface area contributed by atoms with Crippen molar-refractivity contribution in [2.24, 2.45) is 0 Å². The average molecular weight is 371 g/mol. The van der Waals surface area contributed by atoms with Gasteiger partial charge >= 0.3 is 0 Å². The minimum Gasteiger partial charge on any atom is -0.348 e. The van der Waals surface area contributed by atoms with E-state index in [2.05, 4.69) is 43.3 Å². The van der Waals surface area contributed by atoms with Crippen molar-refractivity contribution in [2.75, 3.05) is 0 Å². The van der Waals surface area contributed by atoms with Gasteiger partial charge in [0.15, 0.2) is 0 Å². The van der Waals surface area contributed by atoms with Crippen LogP contribution in [-0.2, 0) is 13.1 Å². The second-order valence-electron chi connectivity index (χ2n) is 5.13. The van der Waals surface area contributed by atoms with Gasteiger partial charge in [0.05, 0.1) is 11.9 Å². The molecule has 0 saturated heterocycles. The van der Waals surface area contributed by atoms with E-state index in [0.29, 0.717) is 12.1 Å². The number of aromatic nitrogens is 3. The SMILES string of the molecule is O=C(NCc1ccc(Cn2ccnc2)cc1)c1cncc(Br)c1. The van der Waals surface area contributed by atoms with Crippen LogP contribution < -0.4 is 5.32 Å². The summed E-state index contributed by atoms with van der Waals surface area (Å²) < 4.78 is 2.80. The van der Waals surface area contributed by atoms with Gasteiger partial charge in [0.2, 0.25) is 0 Å². The van der Waals surface area contributed by atoms with Gasteiger partial charge in [0.25, 0.3) is 5.91 Å². The van der Waals surface area contributed by atoms with Gasteiger partial charge in [0, 0.05) is 42.3 Å². The molecule has 0 aliphatic heterocycles. The van der Waals surface area contributed by atoms with Gasteiger partial charge in [-0.3, -0.25) is 9.78 Å². The highest BCUT2D eigenvalue weighted by atomic mass is 79.9. The molecule has 2 aromatic heterocycles. The first-order valence-electron chi connectivity index (χ1n) is 7.13. The summed E-state index contributed by atoms with van der Waals surface area (Å²) in [5, 5.41) is 2.89. The highest BCUT2D eigenvalue weighted by Crippen LogP contribution is 2.10. The van der Waals surface area contributed by atoms with E-state index < -0.39 is 0 Å². The van der Waals surface area contributed by atoms with Crippen LogP contribution in [0.5, 0.6) is 0 Å². The maximum atomic E-state index is 12.1. The lowest BCUT2D eigenvalue weighted by atomic mass is 10.1. The number of carbonyl (C=O) groups excluding carboxylic acids is 1. The quantitative estimate of drug-likeness (QED) is 0.750. The molecule has 0 saturated carbocycles. The van der Waals surface area contributed by atoms with Crippen LogP contribution in [-0.4, -0.2) is 20.4 Å². The highest BCUT2D eigenvalue weighted by molar-refractivity contribution is 9.10. The summed E-state index contributed by atoms with van der Waals surface area (Å²) in [5.74, 6) is -0.138. The molecule has 1 amide bonds. The number of nitrogens with one attached hydrogen (secondary N) is 1. The van der Waals surface area contributed by atoms with E-state index in [0.717, 1.165) is 16.6 Å². The number of amides is 1. The van der Waals surface area contributed by atoms with Crippen LogP contribution in [0.2, 0.25) is 0 Å². The van der Waals surface area contributed by atoms with E-state index in [4.69, 9.17) is 0 Å². The molecule has 0 radical (unpaired) electrons. The van der Waals surface area contributed by atoms with Crippen LogP contribution in [0.3, 0.4) is 0 Å². The lowest BCUT2D eigenvalue weighted by Crippen LogP contribution is -2.22. The smallest absolute Gasteiger partial charge is 0.253 e. The van der Waals surface area contributed by atoms with Crippen LogP contribution in [0.1, 0.15) is 21.5 Å². The number of imidazole rings is 1. The van der Waals surface area contributed by atoms with Crippen molar-refractivity contribution in [3.05, 3.63) is 82.6 Å². The van der Waals surface area contributed by atoms with Crippen molar-refractivity contribution in [1.82, 2.24) is 19.9 Å². The van der Waals surface area contributed by atoms with E-state index in [-0.39, 0.29) is 5.91 Å². The number of benzene rings is 1. The molecule has 2 heterocycles. The van der Waals surface area contributed by atoms with Gasteiger partial charge in [-0.2, -0.15) is 0 Å². The molecule has 3 aromatic rings. The van der Waals surface area contributed by atoms with Gasteiger partial charge in [-0.25, -0.2) is 4.98 Å². The van der Waals surface area contributed by atoms with Crippen LogP contribution in [0.25, 0.3) is 0 Å². The Balaban J connectivity index is 1.57. The first-order chi connectivity index (χ1) is 11.2. The summed E-state index contributed by atoms with van der Waals surface area (Å²) in [7, 11) is 0. The average Bonchev–Trinajstić information content (AvgIpc) is 3.07. The second-order valence-corrected chi connectivity index (χ2v) is 6.04. The summed E-state index contributed by atoms with van der Waals surface area (Å²) in [6, 6.07) is 9.90. The lowest BCUT2D eigenvalue weighted by molar-refractivity contribution is 0.0950. The summed E-state index contributed by atoms with van der Waals surface area (Å²) in [4.78, 5) is 20.1. The predicted octanol–water partition coefficient (Wildman–Crippen LogP) is 3.02. The topological polar surface area (TPSA) is 59.8 Å². The molecule has 3 rings (SSSR count). The molecule has 0 atom stereocenters. The first kappa shape index (κ1) is 15.4. The molecule has 0 fully saturated rings. The molecule has 23 heavy (non-hydrogen) atoms. The van der Waals surface area contributed by atoms with Crippen molar-refractivity contribution in [1.29, 1.82) is 0 Å². The fourth-order valence-corrected chi connectivity index (χ4v) is 2.54. The minimum atomic E-state index is -0.138. The maximum absolute atomic E-state index is 12.1. The Labute approximate surface area is 142 Å². The van der Waals surface area contributed by atoms with Crippen LogP contribution in [0.4, 0.5) is 0 Å². The number of hydrogen-bond acceptors (Lipinski definition) is 3. The van der Waals surface area contributed by atoms with Crippen molar-refractivity contribution >= 4 is 21.8 Å². The Morgan fingerprint density at radius 3 is 2.61 bits per heavy atom. The number of halogens is 1. The minimum absolute atomic E-state index is 0.138. The molecule has 5 nitrogen and oxygen atoms in total. The third-order valence-electron chi connectivity index (χ3n) is 3.37. The Hall–Kier alpha value is -2.47. The molecule has 0 spiro atoms. The molecule has 1 aromatic carbocycles. The van der Waals surface area contributed by atoms with E-state index >= 15 is 0 Å². The molecule has 6 heteroatoms. The van der Waals surface area contributed by atoms with E-state index in [1.807, 2.05) is 22.9 Å². The van der Waals surface area contributed by atoms with Gasteiger partial charge in [-0.1, -0.05) is 24.3 Å². The van der Waals surface area contributed by atoms with Gasteiger partial charge in [-0.05, 0) is 33.1 Å². The zero-order chi connectivity index (χ0) is 16.1. The Kier molecular flexibility index (Phi) is 4.83. The molecule has 0 unspecified atom stereocenters. The third-order valence-corrected chi connectivity index (χ3v) is 3.80. The van der Waals surface area contributed by atoms with Gasteiger partial charge < -0.3 is 9.88 Å². The second kappa shape index (κ2) is 7.19. The number of hydrogen-bond donors (Lipinski definition) is 1. The maximum Gasteiger partial charge on any atom is 0.253 e. The van der Waals surface area contributed by atoms with Crippen molar-refractivity contribution in [3.8, 4) is 0 Å². The van der Waals surface area contributed by atoms with E-state index in [1.54, 1.807) is 31.0 Å². The third kappa shape index (κ3) is 4.26. The first-order valence-corrected chi connectivity index (χ1v) is 7.92. The Morgan fingerprint density at radius 2 is 1.91 bits per heavy atom. The van der Waals surface area contributed by atoms with Crippen LogP contribution >= 0.6 is 15.9 Å². The van der Waals surface area contributed by atoms with Crippen molar-refractivity contribution < 1.29 is 4.79 Å². The normalized spacial score (nSPS) is 10.5. The van der Waals surface area contributed by atoms with Crippen molar-refractivity contribution in [3.63, 3.8) is 0 Å². The van der Waals surface area contributed by atoms with E-state index in [9.17, 15) is 4.79 Å². The molecule has 0 aliphatic rings. The highest BCUT2D eigenvalue weighted by Gasteiger charge is 2.06. The largest absolute Gasteiger partial charge is 0.348 e. The summed E-state index contributed by atoms with van der Waals surface area (Å²) >= 11 is 3.31. The molecular weight excluding hydrogens is 356 g/mol. The molecule has 0 bridgehead atoms. The van der Waals surface area contributed by atoms with Crippen LogP contribution in [0.15, 0.2) is 65.9 Å². The number of pyridine rings is 1. The van der Waals surface area contributed by atoms with Gasteiger partial charge in [0.1, 0.15) is 0 Å². The Bertz CT molecular complexity index is 785. The van der Waals surface area contributed by atoms with Gasteiger partial charge in [-0.15, -0.1) is 0 Å². The zero-order valence-electron chi connectivity index (χ0n) is 12.3. The summed E-state index contributed by atoms with van der Waals surface area (Å²) in [5.41, 5.74) is 2.78. The Morgan fingerprint density at radius 1 is 1.13 bits per heavy atom. The summed E-state index contributed by atoms with van der Waals surface area (Å²) in [6.07, 6.45) is 8.69. The molecular formula is C17H15BrN4O. The zero-order valence-corrected chi connectivity index (χ0v) is 13.9.